The van der Waals surface area contributed by atoms with Crippen molar-refractivity contribution in [3.8, 4) is 0 Å². The van der Waals surface area contributed by atoms with E-state index in [4.69, 9.17) is 0 Å². The molecule has 1 aromatic carbocycles. The molecule has 1 aromatic heterocycles. The lowest BCUT2D eigenvalue weighted by Gasteiger charge is -2.11. The number of anilines is 2. The van der Waals surface area contributed by atoms with Crippen molar-refractivity contribution in [2.24, 2.45) is 0 Å². The Hall–Kier alpha value is -2.43. The number of carbonyl (C=O) groups excluding carboxylic acids is 1. The Bertz CT molecular complexity index is 610. The number of nitrogens with zero attached hydrogens (tertiary/aromatic N) is 2. The second-order valence-corrected chi connectivity index (χ2v) is 5.04. The van der Waals surface area contributed by atoms with E-state index in [0.717, 1.165) is 17.7 Å². The van der Waals surface area contributed by atoms with Gasteiger partial charge in [0.2, 0.25) is 5.95 Å². The highest BCUT2D eigenvalue weighted by Crippen LogP contribution is 2.11. The van der Waals surface area contributed by atoms with Crippen molar-refractivity contribution < 1.29 is 4.79 Å². The smallest absolute Gasteiger partial charge is 0.274 e. The van der Waals surface area contributed by atoms with Crippen LogP contribution >= 0.6 is 0 Å². The lowest BCUT2D eigenvalue weighted by atomic mass is 10.2. The Balaban J connectivity index is 2.08. The minimum absolute atomic E-state index is 0.242. The maximum absolute atomic E-state index is 12.2. The van der Waals surface area contributed by atoms with Crippen LogP contribution in [0.5, 0.6) is 0 Å². The standard InChI is InChI=1S/C16H20N4O/c1-4-12(3)18-16-17-10-9-14(20-16)15(21)19-13-7-5-11(2)6-8-13/h5-10,12H,4H2,1-3H3,(H,19,21)(H,17,18,20). The summed E-state index contributed by atoms with van der Waals surface area (Å²) in [7, 11) is 0. The summed E-state index contributed by atoms with van der Waals surface area (Å²) in [5, 5.41) is 5.98. The maximum atomic E-state index is 12.2. The van der Waals surface area contributed by atoms with E-state index >= 15 is 0 Å². The van der Waals surface area contributed by atoms with Crippen molar-refractivity contribution >= 4 is 17.5 Å². The number of amides is 1. The molecule has 1 unspecified atom stereocenters. The molecule has 0 spiro atoms. The molecule has 0 saturated carbocycles. The van der Waals surface area contributed by atoms with Crippen LogP contribution in [-0.4, -0.2) is 21.9 Å². The molecule has 0 fully saturated rings. The van der Waals surface area contributed by atoms with Gasteiger partial charge in [-0.05, 0) is 38.5 Å². The van der Waals surface area contributed by atoms with Crippen LogP contribution in [0.15, 0.2) is 36.5 Å². The van der Waals surface area contributed by atoms with Gasteiger partial charge in [0, 0.05) is 17.9 Å². The first-order valence-corrected chi connectivity index (χ1v) is 7.06. The average molecular weight is 284 g/mol. The first-order chi connectivity index (χ1) is 10.1. The fraction of sp³-hybridized carbons (Fsp3) is 0.312. The summed E-state index contributed by atoms with van der Waals surface area (Å²) in [4.78, 5) is 20.5. The lowest BCUT2D eigenvalue weighted by molar-refractivity contribution is 0.102. The molecule has 2 rings (SSSR count). The molecule has 1 amide bonds. The molecule has 0 radical (unpaired) electrons. The molecule has 0 aliphatic heterocycles. The Kier molecular flexibility index (Phi) is 4.87. The number of nitrogens with one attached hydrogen (secondary N) is 2. The third-order valence-corrected chi connectivity index (χ3v) is 3.19. The second-order valence-electron chi connectivity index (χ2n) is 5.04. The predicted molar refractivity (Wildman–Crippen MR) is 84.5 cm³/mol. The van der Waals surface area contributed by atoms with E-state index in [-0.39, 0.29) is 11.9 Å². The summed E-state index contributed by atoms with van der Waals surface area (Å²) in [5.74, 6) is 0.231. The number of rotatable bonds is 5. The summed E-state index contributed by atoms with van der Waals surface area (Å²) in [6.45, 7) is 6.12. The van der Waals surface area contributed by atoms with Crippen LogP contribution in [0.25, 0.3) is 0 Å². The first kappa shape index (κ1) is 15.0. The fourth-order valence-corrected chi connectivity index (χ4v) is 1.71. The van der Waals surface area contributed by atoms with E-state index < -0.39 is 0 Å². The molecule has 1 heterocycles. The SMILES string of the molecule is CCC(C)Nc1nccc(C(=O)Nc2ccc(C)cc2)n1. The fourth-order valence-electron chi connectivity index (χ4n) is 1.71. The van der Waals surface area contributed by atoms with Gasteiger partial charge >= 0.3 is 0 Å². The van der Waals surface area contributed by atoms with Gasteiger partial charge in [-0.1, -0.05) is 24.6 Å². The van der Waals surface area contributed by atoms with E-state index in [1.165, 1.54) is 0 Å². The van der Waals surface area contributed by atoms with Gasteiger partial charge in [0.25, 0.3) is 5.91 Å². The Morgan fingerprint density at radius 2 is 1.95 bits per heavy atom. The van der Waals surface area contributed by atoms with Crippen molar-refractivity contribution in [3.05, 3.63) is 47.8 Å². The summed E-state index contributed by atoms with van der Waals surface area (Å²) in [6, 6.07) is 9.50. The van der Waals surface area contributed by atoms with Gasteiger partial charge in [0.1, 0.15) is 5.69 Å². The second kappa shape index (κ2) is 6.83. The number of benzene rings is 1. The highest BCUT2D eigenvalue weighted by Gasteiger charge is 2.10. The average Bonchev–Trinajstić information content (AvgIpc) is 2.49. The zero-order chi connectivity index (χ0) is 15.2. The van der Waals surface area contributed by atoms with Crippen molar-refractivity contribution in [1.29, 1.82) is 0 Å². The molecule has 1 atom stereocenters. The summed E-state index contributed by atoms with van der Waals surface area (Å²) < 4.78 is 0. The zero-order valence-corrected chi connectivity index (χ0v) is 12.6. The van der Waals surface area contributed by atoms with Gasteiger partial charge in [-0.25, -0.2) is 9.97 Å². The molecule has 2 aromatic rings. The third kappa shape index (κ3) is 4.27. The number of hydrogen-bond acceptors (Lipinski definition) is 4. The zero-order valence-electron chi connectivity index (χ0n) is 12.6. The quantitative estimate of drug-likeness (QED) is 0.884. The van der Waals surface area contributed by atoms with Crippen LogP contribution in [0.3, 0.4) is 0 Å². The summed E-state index contributed by atoms with van der Waals surface area (Å²) in [6.07, 6.45) is 2.55. The van der Waals surface area contributed by atoms with Gasteiger partial charge in [-0.3, -0.25) is 4.79 Å². The summed E-state index contributed by atoms with van der Waals surface area (Å²) >= 11 is 0. The van der Waals surface area contributed by atoms with Gasteiger partial charge in [-0.2, -0.15) is 0 Å². The highest BCUT2D eigenvalue weighted by molar-refractivity contribution is 6.02. The highest BCUT2D eigenvalue weighted by atomic mass is 16.1. The largest absolute Gasteiger partial charge is 0.352 e. The van der Waals surface area contributed by atoms with Crippen LogP contribution in [0, 0.1) is 6.92 Å². The van der Waals surface area contributed by atoms with Crippen molar-refractivity contribution in [3.63, 3.8) is 0 Å². The molecule has 0 aliphatic rings. The van der Waals surface area contributed by atoms with Crippen LogP contribution in [0.1, 0.15) is 36.3 Å². The van der Waals surface area contributed by atoms with E-state index in [9.17, 15) is 4.79 Å². The monoisotopic (exact) mass is 284 g/mol. The van der Waals surface area contributed by atoms with Gasteiger partial charge < -0.3 is 10.6 Å². The van der Waals surface area contributed by atoms with E-state index in [1.54, 1.807) is 12.3 Å². The van der Waals surface area contributed by atoms with Crippen LogP contribution in [0.4, 0.5) is 11.6 Å². The molecule has 21 heavy (non-hydrogen) atoms. The third-order valence-electron chi connectivity index (χ3n) is 3.19. The topological polar surface area (TPSA) is 66.9 Å². The van der Waals surface area contributed by atoms with Gasteiger partial charge in [0.05, 0.1) is 0 Å². The first-order valence-electron chi connectivity index (χ1n) is 7.06. The normalized spacial score (nSPS) is 11.8. The number of carbonyl (C=O) groups is 1. The number of hydrogen-bond donors (Lipinski definition) is 2. The molecular formula is C16H20N4O. The minimum Gasteiger partial charge on any atom is -0.352 e. The predicted octanol–water partition coefficient (Wildman–Crippen LogP) is 3.25. The van der Waals surface area contributed by atoms with Gasteiger partial charge in [0.15, 0.2) is 0 Å². The Morgan fingerprint density at radius 3 is 2.62 bits per heavy atom. The van der Waals surface area contributed by atoms with Crippen molar-refractivity contribution in [2.75, 3.05) is 10.6 Å². The molecule has 5 nitrogen and oxygen atoms in total. The Labute approximate surface area is 124 Å². The maximum Gasteiger partial charge on any atom is 0.274 e. The lowest BCUT2D eigenvalue weighted by Crippen LogP contribution is -2.19. The van der Waals surface area contributed by atoms with Crippen LogP contribution in [-0.2, 0) is 0 Å². The molecule has 0 aliphatic carbocycles. The Morgan fingerprint density at radius 1 is 1.24 bits per heavy atom. The minimum atomic E-state index is -0.242. The van der Waals surface area contributed by atoms with E-state index in [1.807, 2.05) is 38.1 Å². The summed E-state index contributed by atoms with van der Waals surface area (Å²) in [5.41, 5.74) is 2.24. The molecule has 0 bridgehead atoms. The van der Waals surface area contributed by atoms with Crippen LogP contribution < -0.4 is 10.6 Å². The molecule has 110 valence electrons. The molecule has 5 heteroatoms. The molecule has 2 N–H and O–H groups in total. The number of aromatic nitrogens is 2. The van der Waals surface area contributed by atoms with Crippen molar-refractivity contribution in [1.82, 2.24) is 9.97 Å². The van der Waals surface area contributed by atoms with Crippen molar-refractivity contribution in [2.45, 2.75) is 33.2 Å². The van der Waals surface area contributed by atoms with Crippen LogP contribution in [0.2, 0.25) is 0 Å². The molecule has 0 saturated heterocycles. The molecular weight excluding hydrogens is 264 g/mol. The van der Waals surface area contributed by atoms with Gasteiger partial charge in [-0.15, -0.1) is 0 Å². The van der Waals surface area contributed by atoms with E-state index in [2.05, 4.69) is 27.5 Å². The van der Waals surface area contributed by atoms with E-state index in [0.29, 0.717) is 11.6 Å². The number of aryl methyl sites for hydroxylation is 1.